The minimum atomic E-state index is 0.652. The van der Waals surface area contributed by atoms with Crippen molar-refractivity contribution in [1.82, 2.24) is 0 Å². The van der Waals surface area contributed by atoms with E-state index in [1.807, 2.05) is 0 Å². The van der Waals surface area contributed by atoms with Crippen molar-refractivity contribution in [2.75, 3.05) is 0 Å². The summed E-state index contributed by atoms with van der Waals surface area (Å²) >= 11 is 0. The Labute approximate surface area is 136 Å². The monoisotopic (exact) mass is 294 g/mol. The summed E-state index contributed by atoms with van der Waals surface area (Å²) in [5, 5.41) is 0. The highest BCUT2D eigenvalue weighted by atomic mass is 14.2. The average molecular weight is 294 g/mol. The molecule has 0 spiro atoms. The molecule has 2 unspecified atom stereocenters. The molecular formula is C22H30. The molecule has 0 bridgehead atoms. The van der Waals surface area contributed by atoms with Crippen LogP contribution in [0.1, 0.15) is 60.4 Å². The number of hydrogen-bond acceptors (Lipinski definition) is 0. The van der Waals surface area contributed by atoms with Gasteiger partial charge in [-0.3, -0.25) is 0 Å². The SMILES string of the molecule is Cc1ccc(CC(C)CCC(C)c2cc(C)cc(C)c2)cc1. The average Bonchev–Trinajstić information content (AvgIpc) is 2.46. The van der Waals surface area contributed by atoms with E-state index in [-0.39, 0.29) is 0 Å². The van der Waals surface area contributed by atoms with E-state index in [0.29, 0.717) is 5.92 Å². The van der Waals surface area contributed by atoms with Crippen LogP contribution in [0, 0.1) is 26.7 Å². The lowest BCUT2D eigenvalue weighted by Crippen LogP contribution is -2.03. The van der Waals surface area contributed by atoms with Crippen molar-refractivity contribution in [3.63, 3.8) is 0 Å². The van der Waals surface area contributed by atoms with E-state index < -0.39 is 0 Å². The van der Waals surface area contributed by atoms with E-state index in [2.05, 4.69) is 77.1 Å². The zero-order valence-corrected chi connectivity index (χ0v) is 14.8. The summed E-state index contributed by atoms with van der Waals surface area (Å²) in [5.74, 6) is 1.40. The summed E-state index contributed by atoms with van der Waals surface area (Å²) in [5.41, 5.74) is 7.08. The molecule has 2 rings (SSSR count). The fraction of sp³-hybridized carbons (Fsp3) is 0.455. The smallest absolute Gasteiger partial charge is 0.0190 e. The minimum absolute atomic E-state index is 0.652. The number of aryl methyl sites for hydroxylation is 3. The quantitative estimate of drug-likeness (QED) is 0.580. The summed E-state index contributed by atoms with van der Waals surface area (Å²) in [4.78, 5) is 0. The summed E-state index contributed by atoms with van der Waals surface area (Å²) in [6.07, 6.45) is 3.76. The number of benzene rings is 2. The third kappa shape index (κ3) is 5.02. The molecule has 0 aliphatic heterocycles. The number of hydrogen-bond donors (Lipinski definition) is 0. The van der Waals surface area contributed by atoms with Gasteiger partial charge >= 0.3 is 0 Å². The maximum absolute atomic E-state index is 2.38. The normalized spacial score (nSPS) is 13.9. The van der Waals surface area contributed by atoms with Crippen molar-refractivity contribution in [2.24, 2.45) is 5.92 Å². The Balaban J connectivity index is 1.87. The molecular weight excluding hydrogens is 264 g/mol. The number of rotatable bonds is 6. The highest BCUT2D eigenvalue weighted by molar-refractivity contribution is 5.30. The zero-order valence-electron chi connectivity index (χ0n) is 14.8. The molecule has 2 aromatic rings. The summed E-state index contributed by atoms with van der Waals surface area (Å²) in [6.45, 7) is 11.3. The zero-order chi connectivity index (χ0) is 16.1. The molecule has 0 fully saturated rings. The van der Waals surface area contributed by atoms with Gasteiger partial charge in [-0.2, -0.15) is 0 Å². The second-order valence-corrected chi connectivity index (χ2v) is 7.19. The Hall–Kier alpha value is -1.56. The molecule has 0 N–H and O–H groups in total. The van der Waals surface area contributed by atoms with E-state index in [4.69, 9.17) is 0 Å². The van der Waals surface area contributed by atoms with E-state index in [0.717, 1.165) is 5.92 Å². The molecule has 22 heavy (non-hydrogen) atoms. The molecule has 0 aliphatic rings. The summed E-state index contributed by atoms with van der Waals surface area (Å²) < 4.78 is 0. The van der Waals surface area contributed by atoms with Gasteiger partial charge in [0.2, 0.25) is 0 Å². The van der Waals surface area contributed by atoms with Crippen LogP contribution < -0.4 is 0 Å². The van der Waals surface area contributed by atoms with Crippen molar-refractivity contribution in [3.05, 3.63) is 70.3 Å². The third-order valence-electron chi connectivity index (χ3n) is 4.61. The fourth-order valence-electron chi connectivity index (χ4n) is 3.22. The van der Waals surface area contributed by atoms with E-state index >= 15 is 0 Å². The molecule has 2 atom stereocenters. The fourth-order valence-corrected chi connectivity index (χ4v) is 3.22. The molecule has 2 aromatic carbocycles. The predicted octanol–water partition coefficient (Wildman–Crippen LogP) is 6.37. The van der Waals surface area contributed by atoms with Crippen LogP contribution in [0.3, 0.4) is 0 Å². The topological polar surface area (TPSA) is 0 Å². The molecule has 0 heteroatoms. The van der Waals surface area contributed by atoms with Gasteiger partial charge in [0.15, 0.2) is 0 Å². The van der Waals surface area contributed by atoms with Gasteiger partial charge in [-0.15, -0.1) is 0 Å². The van der Waals surface area contributed by atoms with Gasteiger partial charge in [0.25, 0.3) is 0 Å². The molecule has 118 valence electrons. The summed E-state index contributed by atoms with van der Waals surface area (Å²) in [6, 6.07) is 16.0. The lowest BCUT2D eigenvalue weighted by molar-refractivity contribution is 0.480. The van der Waals surface area contributed by atoms with Gasteiger partial charge in [0.1, 0.15) is 0 Å². The standard InChI is InChI=1S/C22H30/c1-16-7-10-21(11-8-16)13-17(2)6-9-20(5)22-14-18(3)12-19(4)15-22/h7-8,10-12,14-15,17,20H,6,9,13H2,1-5H3. The Morgan fingerprint density at radius 2 is 1.32 bits per heavy atom. The second-order valence-electron chi connectivity index (χ2n) is 7.19. The van der Waals surface area contributed by atoms with Crippen LogP contribution in [0.2, 0.25) is 0 Å². The second kappa shape index (κ2) is 7.63. The van der Waals surface area contributed by atoms with Gasteiger partial charge in [0.05, 0.1) is 0 Å². The van der Waals surface area contributed by atoms with Crippen LogP contribution in [-0.4, -0.2) is 0 Å². The van der Waals surface area contributed by atoms with Crippen molar-refractivity contribution >= 4 is 0 Å². The largest absolute Gasteiger partial charge is 0.0622 e. The maximum atomic E-state index is 2.38. The first-order valence-corrected chi connectivity index (χ1v) is 8.58. The molecule has 0 aliphatic carbocycles. The molecule has 0 saturated carbocycles. The Kier molecular flexibility index (Phi) is 5.83. The maximum Gasteiger partial charge on any atom is -0.0190 e. The van der Waals surface area contributed by atoms with Crippen LogP contribution in [0.15, 0.2) is 42.5 Å². The van der Waals surface area contributed by atoms with Crippen LogP contribution >= 0.6 is 0 Å². The molecule has 0 nitrogen and oxygen atoms in total. The predicted molar refractivity (Wildman–Crippen MR) is 97.6 cm³/mol. The lowest BCUT2D eigenvalue weighted by atomic mass is 9.88. The van der Waals surface area contributed by atoms with Crippen LogP contribution in [0.5, 0.6) is 0 Å². The first-order chi connectivity index (χ1) is 10.4. The lowest BCUT2D eigenvalue weighted by Gasteiger charge is -2.17. The van der Waals surface area contributed by atoms with E-state index in [1.165, 1.54) is 47.1 Å². The van der Waals surface area contributed by atoms with Crippen LogP contribution in [0.25, 0.3) is 0 Å². The van der Waals surface area contributed by atoms with Crippen LogP contribution in [-0.2, 0) is 6.42 Å². The summed E-state index contributed by atoms with van der Waals surface area (Å²) in [7, 11) is 0. The Morgan fingerprint density at radius 3 is 1.91 bits per heavy atom. The van der Waals surface area contributed by atoms with Crippen molar-refractivity contribution in [2.45, 2.75) is 59.8 Å². The van der Waals surface area contributed by atoms with Gasteiger partial charge in [-0.05, 0) is 63.0 Å². The molecule has 0 saturated heterocycles. The van der Waals surface area contributed by atoms with E-state index in [1.54, 1.807) is 0 Å². The molecule has 0 aromatic heterocycles. The Morgan fingerprint density at radius 1 is 0.727 bits per heavy atom. The van der Waals surface area contributed by atoms with Gasteiger partial charge < -0.3 is 0 Å². The van der Waals surface area contributed by atoms with Gasteiger partial charge in [-0.25, -0.2) is 0 Å². The Bertz CT molecular complexity index is 572. The third-order valence-corrected chi connectivity index (χ3v) is 4.61. The highest BCUT2D eigenvalue weighted by Gasteiger charge is 2.10. The van der Waals surface area contributed by atoms with Gasteiger partial charge in [-0.1, -0.05) is 73.0 Å². The van der Waals surface area contributed by atoms with Gasteiger partial charge in [0, 0.05) is 0 Å². The highest BCUT2D eigenvalue weighted by Crippen LogP contribution is 2.26. The first kappa shape index (κ1) is 16.8. The van der Waals surface area contributed by atoms with Crippen molar-refractivity contribution in [3.8, 4) is 0 Å². The van der Waals surface area contributed by atoms with E-state index in [9.17, 15) is 0 Å². The molecule has 0 radical (unpaired) electrons. The van der Waals surface area contributed by atoms with Crippen molar-refractivity contribution < 1.29 is 0 Å². The molecule has 0 amide bonds. The van der Waals surface area contributed by atoms with Crippen molar-refractivity contribution in [1.29, 1.82) is 0 Å². The van der Waals surface area contributed by atoms with Crippen LogP contribution in [0.4, 0.5) is 0 Å². The first-order valence-electron chi connectivity index (χ1n) is 8.58. The minimum Gasteiger partial charge on any atom is -0.0622 e. The molecule has 0 heterocycles.